The number of H-pyrrole nitrogens is 1. The van der Waals surface area contributed by atoms with Crippen LogP contribution in [0.1, 0.15) is 27.1 Å². The predicted molar refractivity (Wildman–Crippen MR) is 151 cm³/mol. The number of anilines is 2. The third-order valence-electron chi connectivity index (χ3n) is 7.03. The second-order valence-electron chi connectivity index (χ2n) is 9.79. The van der Waals surface area contributed by atoms with Crippen LogP contribution >= 0.6 is 0 Å². The Morgan fingerprint density at radius 1 is 1.00 bits per heavy atom. The van der Waals surface area contributed by atoms with Gasteiger partial charge in [0.1, 0.15) is 17.5 Å². The Hall–Kier alpha value is -4.68. The van der Waals surface area contributed by atoms with Gasteiger partial charge < -0.3 is 39.9 Å². The lowest BCUT2D eigenvalue weighted by Gasteiger charge is -2.26. The molecule has 12 nitrogen and oxygen atoms in total. The molecule has 1 atom stereocenters. The van der Waals surface area contributed by atoms with E-state index in [2.05, 4.69) is 20.9 Å². The number of carbonyl (C=O) groups excluding carboxylic acids is 2. The summed E-state index contributed by atoms with van der Waals surface area (Å²) in [5, 5.41) is 9.49. The number of hydrogen-bond acceptors (Lipinski definition) is 9. The zero-order valence-corrected chi connectivity index (χ0v) is 22.7. The topological polar surface area (TPSA) is 149 Å². The summed E-state index contributed by atoms with van der Waals surface area (Å²) in [4.78, 5) is 37.3. The number of nitrogens with zero attached hydrogens (tertiary/aromatic N) is 2. The molecule has 0 saturated carbocycles. The van der Waals surface area contributed by atoms with Crippen molar-refractivity contribution >= 4 is 34.5 Å². The number of amides is 2. The summed E-state index contributed by atoms with van der Waals surface area (Å²) in [5.41, 5.74) is 3.91. The van der Waals surface area contributed by atoms with Gasteiger partial charge in [0.15, 0.2) is 0 Å². The molecule has 0 radical (unpaired) electrons. The smallest absolute Gasteiger partial charge is 0.251 e. The van der Waals surface area contributed by atoms with E-state index in [0.29, 0.717) is 65.9 Å². The number of aromatic nitrogens is 3. The number of carbonyl (C=O) groups is 2. The van der Waals surface area contributed by atoms with Gasteiger partial charge in [0.2, 0.25) is 11.8 Å². The molecule has 0 unspecified atom stereocenters. The van der Waals surface area contributed by atoms with Crippen LogP contribution in [-0.4, -0.2) is 79.5 Å². The third kappa shape index (κ3) is 5.52. The van der Waals surface area contributed by atoms with E-state index in [1.165, 1.54) is 7.11 Å². The lowest BCUT2D eigenvalue weighted by Crippen LogP contribution is -2.48. The molecule has 2 saturated heterocycles. The summed E-state index contributed by atoms with van der Waals surface area (Å²) in [6.07, 6.45) is 2.45. The van der Waals surface area contributed by atoms with E-state index in [1.54, 1.807) is 37.4 Å². The number of hydrogen-bond donors (Lipinski definition) is 4. The number of ether oxygens (including phenoxy) is 4. The normalized spacial score (nSPS) is 16.7. The third-order valence-corrected chi connectivity index (χ3v) is 7.03. The van der Waals surface area contributed by atoms with Crippen molar-refractivity contribution in [1.82, 2.24) is 25.6 Å². The van der Waals surface area contributed by atoms with Gasteiger partial charge in [0.25, 0.3) is 11.8 Å². The molecular formula is C29H30N6O6. The SMILES string of the molecule is CNC(=O)c1ccc(-c2c[nH]c3nc(Nc4ccc(C(=O)NC5COC5)cc4OC)nc(O[C@H]4CCOC4)c23)cc1. The van der Waals surface area contributed by atoms with E-state index in [-0.39, 0.29) is 29.9 Å². The molecule has 0 bridgehead atoms. The zero-order valence-electron chi connectivity index (χ0n) is 22.7. The molecule has 6 rings (SSSR count). The number of benzene rings is 2. The maximum absolute atomic E-state index is 12.6. The Kier molecular flexibility index (Phi) is 7.40. The van der Waals surface area contributed by atoms with E-state index in [4.69, 9.17) is 28.9 Å². The maximum atomic E-state index is 12.6. The first-order chi connectivity index (χ1) is 20.0. The Labute approximate surface area is 235 Å². The molecule has 2 aromatic carbocycles. The first-order valence-electron chi connectivity index (χ1n) is 13.3. The largest absolute Gasteiger partial charge is 0.495 e. The summed E-state index contributed by atoms with van der Waals surface area (Å²) in [6, 6.07) is 12.4. The highest BCUT2D eigenvalue weighted by Crippen LogP contribution is 2.37. The predicted octanol–water partition coefficient (Wildman–Crippen LogP) is 3.03. The van der Waals surface area contributed by atoms with E-state index < -0.39 is 0 Å². The van der Waals surface area contributed by atoms with Crippen LogP contribution in [0.15, 0.2) is 48.7 Å². The lowest BCUT2D eigenvalue weighted by atomic mass is 10.0. The van der Waals surface area contributed by atoms with Crippen molar-refractivity contribution in [3.05, 3.63) is 59.8 Å². The Bertz CT molecular complexity index is 1580. The Morgan fingerprint density at radius 2 is 1.80 bits per heavy atom. The molecule has 4 aromatic rings. The molecule has 2 amide bonds. The van der Waals surface area contributed by atoms with Crippen molar-refractivity contribution in [2.45, 2.75) is 18.6 Å². The average Bonchev–Trinajstić information content (AvgIpc) is 3.65. The van der Waals surface area contributed by atoms with Crippen LogP contribution in [0.5, 0.6) is 11.6 Å². The molecule has 12 heteroatoms. The zero-order chi connectivity index (χ0) is 28.3. The van der Waals surface area contributed by atoms with Gasteiger partial charge in [-0.05, 0) is 35.9 Å². The molecule has 2 aliphatic rings. The highest BCUT2D eigenvalue weighted by atomic mass is 16.5. The van der Waals surface area contributed by atoms with Crippen molar-refractivity contribution in [3.63, 3.8) is 0 Å². The van der Waals surface area contributed by atoms with Gasteiger partial charge in [0, 0.05) is 36.4 Å². The van der Waals surface area contributed by atoms with Gasteiger partial charge in [0.05, 0.1) is 50.7 Å². The maximum Gasteiger partial charge on any atom is 0.251 e. The van der Waals surface area contributed by atoms with Crippen molar-refractivity contribution in [2.75, 3.05) is 45.9 Å². The standard InChI is InChI=1S/C29H30N6O6/c1-30-26(36)17-5-3-16(4-6-17)21-12-31-25-24(21)28(41-20-9-10-39-15-20)35-29(34-25)33-22-8-7-18(11-23(22)38-2)27(37)32-19-13-40-14-19/h3-8,11-12,19-20H,9-10,13-15H2,1-2H3,(H,30,36)(H,32,37)(H2,31,33,34,35)/t20-/m0/s1. The van der Waals surface area contributed by atoms with Crippen LogP contribution in [0.2, 0.25) is 0 Å². The molecule has 41 heavy (non-hydrogen) atoms. The number of fused-ring (bicyclic) bond motifs is 1. The summed E-state index contributed by atoms with van der Waals surface area (Å²) in [6.45, 7) is 2.12. The molecule has 0 spiro atoms. The number of aromatic amines is 1. The molecule has 2 aromatic heterocycles. The summed E-state index contributed by atoms with van der Waals surface area (Å²) in [5.74, 6) is 0.796. The van der Waals surface area contributed by atoms with E-state index in [1.807, 2.05) is 18.3 Å². The molecule has 212 valence electrons. The average molecular weight is 559 g/mol. The van der Waals surface area contributed by atoms with E-state index in [9.17, 15) is 9.59 Å². The van der Waals surface area contributed by atoms with Gasteiger partial charge >= 0.3 is 0 Å². The fraction of sp³-hybridized carbons (Fsp3) is 0.310. The van der Waals surface area contributed by atoms with E-state index in [0.717, 1.165) is 17.5 Å². The molecule has 4 N–H and O–H groups in total. The second-order valence-corrected chi connectivity index (χ2v) is 9.79. The minimum absolute atomic E-state index is 0.0228. The summed E-state index contributed by atoms with van der Waals surface area (Å²) in [7, 11) is 3.13. The molecule has 4 heterocycles. The van der Waals surface area contributed by atoms with Crippen LogP contribution in [-0.2, 0) is 9.47 Å². The monoisotopic (exact) mass is 558 g/mol. The number of methoxy groups -OCH3 is 1. The fourth-order valence-corrected chi connectivity index (χ4v) is 4.72. The van der Waals surface area contributed by atoms with Crippen LogP contribution in [0, 0.1) is 0 Å². The lowest BCUT2D eigenvalue weighted by molar-refractivity contribution is -0.00346. The van der Waals surface area contributed by atoms with Gasteiger partial charge in [-0.15, -0.1) is 0 Å². The molecular weight excluding hydrogens is 528 g/mol. The van der Waals surface area contributed by atoms with Crippen LogP contribution in [0.3, 0.4) is 0 Å². The Balaban J connectivity index is 1.32. The molecule has 2 fully saturated rings. The number of rotatable bonds is 9. The van der Waals surface area contributed by atoms with Crippen LogP contribution < -0.4 is 25.4 Å². The minimum atomic E-state index is -0.197. The first-order valence-corrected chi connectivity index (χ1v) is 13.3. The highest BCUT2D eigenvalue weighted by molar-refractivity contribution is 5.99. The quantitative estimate of drug-likeness (QED) is 0.243. The van der Waals surface area contributed by atoms with E-state index >= 15 is 0 Å². The Morgan fingerprint density at radius 3 is 2.49 bits per heavy atom. The van der Waals surface area contributed by atoms with Crippen molar-refractivity contribution in [2.24, 2.45) is 0 Å². The van der Waals surface area contributed by atoms with Gasteiger partial charge in [-0.2, -0.15) is 9.97 Å². The van der Waals surface area contributed by atoms with Crippen molar-refractivity contribution in [3.8, 4) is 22.8 Å². The van der Waals surface area contributed by atoms with Gasteiger partial charge in [-0.3, -0.25) is 9.59 Å². The molecule has 2 aliphatic heterocycles. The fourth-order valence-electron chi connectivity index (χ4n) is 4.72. The highest BCUT2D eigenvalue weighted by Gasteiger charge is 2.24. The van der Waals surface area contributed by atoms with Crippen molar-refractivity contribution < 1.29 is 28.5 Å². The first kappa shape index (κ1) is 26.5. The second kappa shape index (κ2) is 11.4. The van der Waals surface area contributed by atoms with Crippen LogP contribution in [0.25, 0.3) is 22.2 Å². The van der Waals surface area contributed by atoms with Crippen LogP contribution in [0.4, 0.5) is 11.6 Å². The summed E-state index contributed by atoms with van der Waals surface area (Å²) >= 11 is 0. The molecule has 0 aliphatic carbocycles. The van der Waals surface area contributed by atoms with Gasteiger partial charge in [-0.1, -0.05) is 12.1 Å². The van der Waals surface area contributed by atoms with Gasteiger partial charge in [-0.25, -0.2) is 0 Å². The summed E-state index contributed by atoms with van der Waals surface area (Å²) < 4.78 is 22.6. The number of nitrogens with one attached hydrogen (secondary N) is 4. The minimum Gasteiger partial charge on any atom is -0.495 e. The van der Waals surface area contributed by atoms with Crippen molar-refractivity contribution in [1.29, 1.82) is 0 Å².